The lowest BCUT2D eigenvalue weighted by Gasteiger charge is -2.14. The summed E-state index contributed by atoms with van der Waals surface area (Å²) in [6, 6.07) is 8.48. The van der Waals surface area contributed by atoms with Crippen LogP contribution in [0.2, 0.25) is 0 Å². The van der Waals surface area contributed by atoms with E-state index in [0.29, 0.717) is 5.69 Å². The number of ether oxygens (including phenoxy) is 1. The van der Waals surface area contributed by atoms with Crippen LogP contribution in [0.1, 0.15) is 6.92 Å². The minimum absolute atomic E-state index is 0.0353. The number of carbonyl (C=O) groups is 3. The fraction of sp³-hybridized carbons (Fsp3) is 0.214. The molecule has 1 aromatic rings. The third kappa shape index (κ3) is 1.94. The van der Waals surface area contributed by atoms with Crippen molar-refractivity contribution in [3.05, 3.63) is 30.3 Å². The number of amides is 2. The zero-order valence-electron chi connectivity index (χ0n) is 11.1. The van der Waals surface area contributed by atoms with Gasteiger partial charge < -0.3 is 4.74 Å². The first-order valence-electron chi connectivity index (χ1n) is 6.41. The average molecular weight is 285 g/mol. The molecule has 0 spiro atoms. The highest BCUT2D eigenvalue weighted by Gasteiger charge is 2.52. The van der Waals surface area contributed by atoms with Crippen LogP contribution in [0.5, 0.6) is 0 Å². The maximum Gasteiger partial charge on any atom is 0.355 e. The van der Waals surface area contributed by atoms with E-state index in [1.54, 1.807) is 37.3 Å². The highest BCUT2D eigenvalue weighted by Crippen LogP contribution is 2.29. The van der Waals surface area contributed by atoms with Crippen LogP contribution in [-0.2, 0) is 19.1 Å². The van der Waals surface area contributed by atoms with Gasteiger partial charge in [-0.3, -0.25) is 9.59 Å². The maximum atomic E-state index is 12.5. The topological polar surface area (TPSA) is 88.4 Å². The Kier molecular flexibility index (Phi) is 3.09. The number of rotatable bonds is 3. The Morgan fingerprint density at radius 1 is 1.24 bits per heavy atom. The summed E-state index contributed by atoms with van der Waals surface area (Å²) in [5, 5.41) is 7.31. The first-order valence-corrected chi connectivity index (χ1v) is 6.41. The Hall–Kier alpha value is -2.83. The van der Waals surface area contributed by atoms with E-state index < -0.39 is 23.7 Å². The molecule has 0 unspecified atom stereocenters. The Labute approximate surface area is 119 Å². The molecule has 0 saturated carbocycles. The minimum Gasteiger partial charge on any atom is -0.461 e. The Morgan fingerprint density at radius 3 is 2.62 bits per heavy atom. The number of para-hydroxylation sites is 1. The van der Waals surface area contributed by atoms with Crippen LogP contribution in [0.3, 0.4) is 0 Å². The van der Waals surface area contributed by atoms with E-state index in [2.05, 4.69) is 10.2 Å². The van der Waals surface area contributed by atoms with Gasteiger partial charge in [0.2, 0.25) is 5.91 Å². The van der Waals surface area contributed by atoms with Gasteiger partial charge >= 0.3 is 5.97 Å². The van der Waals surface area contributed by atoms with Crippen LogP contribution < -0.4 is 4.90 Å². The number of fused-ring (bicyclic) bond motifs is 1. The van der Waals surface area contributed by atoms with Crippen molar-refractivity contribution in [3.63, 3.8) is 0 Å². The lowest BCUT2D eigenvalue weighted by molar-refractivity contribution is -0.136. The Balaban J connectivity index is 1.94. The lowest BCUT2D eigenvalue weighted by atomic mass is 10.0. The molecule has 0 radical (unpaired) electrons. The largest absolute Gasteiger partial charge is 0.461 e. The highest BCUT2D eigenvalue weighted by atomic mass is 16.5. The fourth-order valence-corrected chi connectivity index (χ4v) is 2.28. The first kappa shape index (κ1) is 13.2. The SMILES string of the molecule is CCOC(=O)C1=NN=C2C(=O)N(c3ccccc3)C(=O)[C@@H]12. The predicted octanol–water partition coefficient (Wildman–Crippen LogP) is 0.550. The summed E-state index contributed by atoms with van der Waals surface area (Å²) in [4.78, 5) is 37.5. The molecule has 0 aliphatic carbocycles. The van der Waals surface area contributed by atoms with Crippen molar-refractivity contribution < 1.29 is 19.1 Å². The second-order valence-corrected chi connectivity index (χ2v) is 4.44. The summed E-state index contributed by atoms with van der Waals surface area (Å²) in [5.41, 5.74) is 0.267. The molecule has 2 heterocycles. The smallest absolute Gasteiger partial charge is 0.355 e. The van der Waals surface area contributed by atoms with Crippen LogP contribution in [0.25, 0.3) is 0 Å². The van der Waals surface area contributed by atoms with Crippen molar-refractivity contribution in [3.8, 4) is 0 Å². The molecule has 2 aliphatic heterocycles. The Morgan fingerprint density at radius 2 is 1.95 bits per heavy atom. The molecule has 106 valence electrons. The first-order chi connectivity index (χ1) is 10.1. The van der Waals surface area contributed by atoms with E-state index in [-0.39, 0.29) is 18.0 Å². The van der Waals surface area contributed by atoms with E-state index >= 15 is 0 Å². The quantitative estimate of drug-likeness (QED) is 0.599. The molecule has 7 nitrogen and oxygen atoms in total. The van der Waals surface area contributed by atoms with Crippen molar-refractivity contribution in [2.45, 2.75) is 6.92 Å². The molecule has 1 fully saturated rings. The van der Waals surface area contributed by atoms with E-state index in [4.69, 9.17) is 4.74 Å². The molecule has 1 saturated heterocycles. The van der Waals surface area contributed by atoms with E-state index in [9.17, 15) is 14.4 Å². The number of benzene rings is 1. The summed E-state index contributed by atoms with van der Waals surface area (Å²) in [5.74, 6) is -2.87. The lowest BCUT2D eigenvalue weighted by Crippen LogP contribution is -2.35. The zero-order valence-corrected chi connectivity index (χ0v) is 11.1. The van der Waals surface area contributed by atoms with Crippen molar-refractivity contribution in [1.29, 1.82) is 0 Å². The third-order valence-corrected chi connectivity index (χ3v) is 3.20. The van der Waals surface area contributed by atoms with E-state index in [1.165, 1.54) is 0 Å². The Bertz CT molecular complexity index is 693. The summed E-state index contributed by atoms with van der Waals surface area (Å²) in [6.45, 7) is 1.80. The zero-order chi connectivity index (χ0) is 15.0. The number of nitrogens with zero attached hydrogens (tertiary/aromatic N) is 3. The summed E-state index contributed by atoms with van der Waals surface area (Å²) >= 11 is 0. The minimum atomic E-state index is -1.06. The van der Waals surface area contributed by atoms with Gasteiger partial charge in [-0.05, 0) is 19.1 Å². The van der Waals surface area contributed by atoms with Gasteiger partial charge in [0.25, 0.3) is 5.91 Å². The van der Waals surface area contributed by atoms with Crippen LogP contribution in [0, 0.1) is 5.92 Å². The molecule has 1 atom stereocenters. The van der Waals surface area contributed by atoms with Gasteiger partial charge in [-0.25, -0.2) is 9.69 Å². The third-order valence-electron chi connectivity index (χ3n) is 3.20. The second-order valence-electron chi connectivity index (χ2n) is 4.44. The number of esters is 1. The van der Waals surface area contributed by atoms with Gasteiger partial charge in [-0.1, -0.05) is 18.2 Å². The standard InChI is InChI=1S/C14H11N3O4/c1-2-21-14(20)11-9-10(15-16-11)13(19)17(12(9)18)8-6-4-3-5-7-8/h3-7,9H,2H2,1H3/t9-/m1/s1. The van der Waals surface area contributed by atoms with E-state index in [0.717, 1.165) is 4.90 Å². The molecule has 2 amide bonds. The monoisotopic (exact) mass is 285 g/mol. The molecular weight excluding hydrogens is 274 g/mol. The molecule has 3 rings (SSSR count). The molecule has 0 aromatic heterocycles. The van der Waals surface area contributed by atoms with Gasteiger partial charge in [-0.2, -0.15) is 0 Å². The molecule has 1 aromatic carbocycles. The van der Waals surface area contributed by atoms with Gasteiger partial charge in [-0.15, -0.1) is 10.2 Å². The second kappa shape index (κ2) is 4.93. The normalized spacial score (nSPS) is 20.2. The fourth-order valence-electron chi connectivity index (χ4n) is 2.28. The van der Waals surface area contributed by atoms with Crippen molar-refractivity contribution >= 4 is 34.9 Å². The van der Waals surface area contributed by atoms with Crippen LogP contribution in [0.4, 0.5) is 5.69 Å². The summed E-state index contributed by atoms with van der Waals surface area (Å²) in [7, 11) is 0. The molecule has 2 aliphatic rings. The van der Waals surface area contributed by atoms with Gasteiger partial charge in [0, 0.05) is 0 Å². The van der Waals surface area contributed by atoms with Crippen molar-refractivity contribution in [2.24, 2.45) is 16.1 Å². The maximum absolute atomic E-state index is 12.5. The van der Waals surface area contributed by atoms with E-state index in [1.807, 2.05) is 0 Å². The van der Waals surface area contributed by atoms with Crippen molar-refractivity contribution in [2.75, 3.05) is 11.5 Å². The number of imide groups is 1. The molecule has 21 heavy (non-hydrogen) atoms. The van der Waals surface area contributed by atoms with Crippen LogP contribution in [0.15, 0.2) is 40.5 Å². The van der Waals surface area contributed by atoms with Gasteiger partial charge in [0.1, 0.15) is 11.6 Å². The summed E-state index contributed by atoms with van der Waals surface area (Å²) < 4.78 is 4.83. The number of hydrogen-bond acceptors (Lipinski definition) is 6. The van der Waals surface area contributed by atoms with Gasteiger partial charge in [0.15, 0.2) is 5.71 Å². The number of hydrogen-bond donors (Lipinski definition) is 0. The van der Waals surface area contributed by atoms with Crippen LogP contribution in [-0.4, -0.2) is 35.8 Å². The highest BCUT2D eigenvalue weighted by molar-refractivity contribution is 6.66. The average Bonchev–Trinajstić information content (AvgIpc) is 3.02. The number of carbonyl (C=O) groups excluding carboxylic acids is 3. The molecule has 7 heteroatoms. The molecular formula is C14H11N3O4. The molecule has 0 N–H and O–H groups in total. The number of anilines is 1. The van der Waals surface area contributed by atoms with Crippen molar-refractivity contribution in [1.82, 2.24) is 0 Å². The van der Waals surface area contributed by atoms with Gasteiger partial charge in [0.05, 0.1) is 12.3 Å². The molecule has 0 bridgehead atoms. The predicted molar refractivity (Wildman–Crippen MR) is 73.9 cm³/mol. The summed E-state index contributed by atoms with van der Waals surface area (Å²) in [6.07, 6.45) is 0. The van der Waals surface area contributed by atoms with Crippen LogP contribution >= 0.6 is 0 Å².